The second-order valence-corrected chi connectivity index (χ2v) is 8.33. The lowest BCUT2D eigenvalue weighted by molar-refractivity contribution is 0.572. The van der Waals surface area contributed by atoms with E-state index < -0.39 is 0 Å². The number of hydrogen-bond donors (Lipinski definition) is 0. The van der Waals surface area contributed by atoms with Gasteiger partial charge in [-0.1, -0.05) is 60.7 Å². The van der Waals surface area contributed by atoms with Gasteiger partial charge in [0.1, 0.15) is 23.9 Å². The van der Waals surface area contributed by atoms with Crippen LogP contribution in [0.25, 0.3) is 67.2 Å². The molecule has 0 saturated heterocycles. The van der Waals surface area contributed by atoms with Crippen LogP contribution in [0, 0.1) is 0 Å². The van der Waals surface area contributed by atoms with Gasteiger partial charge in [-0.15, -0.1) is 0 Å². The molecule has 6 nitrogen and oxygen atoms in total. The normalized spacial score (nSPS) is 11.3. The van der Waals surface area contributed by atoms with Crippen molar-refractivity contribution in [3.63, 3.8) is 0 Å². The summed E-state index contributed by atoms with van der Waals surface area (Å²) in [5.41, 5.74) is 5.20. The third-order valence-electron chi connectivity index (χ3n) is 6.24. The summed E-state index contributed by atoms with van der Waals surface area (Å²) in [6.07, 6.45) is 6.37. The summed E-state index contributed by atoms with van der Waals surface area (Å²) in [5, 5.41) is 4.36. The molecule has 0 spiro atoms. The van der Waals surface area contributed by atoms with Gasteiger partial charge in [-0.3, -0.25) is 0 Å². The smallest absolute Gasteiger partial charge is 0.245 e. The van der Waals surface area contributed by atoms with E-state index in [0.717, 1.165) is 44.1 Å². The first-order valence-electron chi connectivity index (χ1n) is 11.5. The van der Waals surface area contributed by atoms with E-state index in [4.69, 9.17) is 18.8 Å². The standard InChI is InChI=1S/C30H18N4O2/c1-2-8-20-19(7-1)27(23-11-5-13-25(33-23)29-31-15-17-35-29)21-9-3-4-10-22(21)28(20)24-12-6-14-26(34-24)30-32-16-18-36-30/h1-18H. The molecule has 0 bridgehead atoms. The molecule has 36 heavy (non-hydrogen) atoms. The van der Waals surface area contributed by atoms with Crippen molar-refractivity contribution in [3.8, 4) is 45.7 Å². The van der Waals surface area contributed by atoms with Crippen LogP contribution in [-0.4, -0.2) is 19.9 Å². The molecule has 0 unspecified atom stereocenters. The maximum Gasteiger partial charge on any atom is 0.245 e. The van der Waals surface area contributed by atoms with Crippen LogP contribution in [0.1, 0.15) is 0 Å². The van der Waals surface area contributed by atoms with Crippen molar-refractivity contribution < 1.29 is 8.83 Å². The van der Waals surface area contributed by atoms with Gasteiger partial charge < -0.3 is 8.83 Å². The fraction of sp³-hybridized carbons (Fsp3) is 0. The first kappa shape index (κ1) is 20.3. The highest BCUT2D eigenvalue weighted by Crippen LogP contribution is 2.43. The molecule has 4 heterocycles. The number of aromatic nitrogens is 4. The molecule has 7 rings (SSSR count). The fourth-order valence-corrected chi connectivity index (χ4v) is 4.77. The van der Waals surface area contributed by atoms with Gasteiger partial charge >= 0.3 is 0 Å². The minimum atomic E-state index is 0.495. The minimum Gasteiger partial charge on any atom is -0.443 e. The summed E-state index contributed by atoms with van der Waals surface area (Å²) in [7, 11) is 0. The quantitative estimate of drug-likeness (QED) is 0.251. The number of hydrogen-bond acceptors (Lipinski definition) is 6. The first-order valence-corrected chi connectivity index (χ1v) is 11.5. The highest BCUT2D eigenvalue weighted by molar-refractivity contribution is 6.20. The van der Waals surface area contributed by atoms with E-state index in [9.17, 15) is 0 Å². The molecule has 170 valence electrons. The third-order valence-corrected chi connectivity index (χ3v) is 6.24. The Kier molecular flexibility index (Phi) is 4.67. The monoisotopic (exact) mass is 466 g/mol. The highest BCUT2D eigenvalue weighted by Gasteiger charge is 2.19. The van der Waals surface area contributed by atoms with Crippen LogP contribution in [-0.2, 0) is 0 Å². The number of pyridine rings is 2. The molecule has 3 aromatic carbocycles. The van der Waals surface area contributed by atoms with Crippen molar-refractivity contribution >= 4 is 21.5 Å². The van der Waals surface area contributed by atoms with Gasteiger partial charge in [0.2, 0.25) is 11.8 Å². The van der Waals surface area contributed by atoms with Crippen LogP contribution in [0.4, 0.5) is 0 Å². The Balaban J connectivity index is 1.54. The Morgan fingerprint density at radius 1 is 0.417 bits per heavy atom. The topological polar surface area (TPSA) is 77.8 Å². The van der Waals surface area contributed by atoms with Crippen LogP contribution in [0.5, 0.6) is 0 Å². The van der Waals surface area contributed by atoms with Gasteiger partial charge in [0.05, 0.1) is 23.8 Å². The lowest BCUT2D eigenvalue weighted by atomic mass is 9.88. The molecule has 0 fully saturated rings. The Bertz CT molecular complexity index is 1650. The lowest BCUT2D eigenvalue weighted by Crippen LogP contribution is -1.95. The maximum atomic E-state index is 5.51. The highest BCUT2D eigenvalue weighted by atomic mass is 16.3. The summed E-state index contributed by atoms with van der Waals surface area (Å²) < 4.78 is 11.0. The van der Waals surface area contributed by atoms with Crippen LogP contribution < -0.4 is 0 Å². The fourth-order valence-electron chi connectivity index (χ4n) is 4.77. The van der Waals surface area contributed by atoms with Crippen LogP contribution >= 0.6 is 0 Å². The molecule has 0 atom stereocenters. The van der Waals surface area contributed by atoms with E-state index >= 15 is 0 Å². The van der Waals surface area contributed by atoms with Crippen molar-refractivity contribution in [1.82, 2.24) is 19.9 Å². The molecule has 0 radical (unpaired) electrons. The van der Waals surface area contributed by atoms with Gasteiger partial charge in [-0.2, -0.15) is 0 Å². The molecule has 0 aliphatic carbocycles. The van der Waals surface area contributed by atoms with E-state index in [1.165, 1.54) is 0 Å². The van der Waals surface area contributed by atoms with E-state index in [0.29, 0.717) is 23.2 Å². The molecular formula is C30H18N4O2. The van der Waals surface area contributed by atoms with Crippen molar-refractivity contribution in [2.24, 2.45) is 0 Å². The average Bonchev–Trinajstić information content (AvgIpc) is 3.67. The summed E-state index contributed by atoms with van der Waals surface area (Å²) in [6, 6.07) is 28.6. The predicted octanol–water partition coefficient (Wildman–Crippen LogP) is 7.43. The molecule has 7 aromatic rings. The van der Waals surface area contributed by atoms with Gasteiger partial charge in [-0.05, 0) is 45.8 Å². The molecular weight excluding hydrogens is 448 g/mol. The number of benzene rings is 3. The van der Waals surface area contributed by atoms with E-state index in [-0.39, 0.29) is 0 Å². The molecule has 4 aromatic heterocycles. The number of oxazole rings is 2. The number of nitrogens with zero attached hydrogens (tertiary/aromatic N) is 4. The largest absolute Gasteiger partial charge is 0.443 e. The van der Waals surface area contributed by atoms with Crippen molar-refractivity contribution in [2.75, 3.05) is 0 Å². The zero-order valence-electron chi connectivity index (χ0n) is 19.0. The molecule has 0 amide bonds. The van der Waals surface area contributed by atoms with Gasteiger partial charge in [0.15, 0.2) is 0 Å². The van der Waals surface area contributed by atoms with E-state index in [1.807, 2.05) is 36.4 Å². The number of fused-ring (bicyclic) bond motifs is 2. The van der Waals surface area contributed by atoms with Crippen LogP contribution in [0.3, 0.4) is 0 Å². The van der Waals surface area contributed by atoms with Crippen molar-refractivity contribution in [1.29, 1.82) is 0 Å². The van der Waals surface area contributed by atoms with E-state index in [2.05, 4.69) is 58.5 Å². The predicted molar refractivity (Wildman–Crippen MR) is 139 cm³/mol. The first-order chi connectivity index (χ1) is 17.9. The lowest BCUT2D eigenvalue weighted by Gasteiger charge is -2.17. The van der Waals surface area contributed by atoms with E-state index in [1.54, 1.807) is 24.9 Å². The Labute approximate surface area is 205 Å². The van der Waals surface area contributed by atoms with Gasteiger partial charge in [-0.25, -0.2) is 19.9 Å². The molecule has 0 aliphatic heterocycles. The Morgan fingerprint density at radius 3 is 1.17 bits per heavy atom. The second kappa shape index (κ2) is 8.29. The summed E-state index contributed by atoms with van der Waals surface area (Å²) in [4.78, 5) is 18.4. The Morgan fingerprint density at radius 2 is 0.806 bits per heavy atom. The molecule has 6 heteroatoms. The maximum absolute atomic E-state index is 5.51. The zero-order chi connectivity index (χ0) is 23.9. The molecule has 0 N–H and O–H groups in total. The van der Waals surface area contributed by atoms with Gasteiger partial charge in [0, 0.05) is 11.1 Å². The Hall–Kier alpha value is -5.10. The third kappa shape index (κ3) is 3.27. The number of rotatable bonds is 4. The van der Waals surface area contributed by atoms with Crippen LogP contribution in [0.15, 0.2) is 119 Å². The van der Waals surface area contributed by atoms with Gasteiger partial charge in [0.25, 0.3) is 0 Å². The zero-order valence-corrected chi connectivity index (χ0v) is 19.0. The van der Waals surface area contributed by atoms with Crippen molar-refractivity contribution in [3.05, 3.63) is 110 Å². The summed E-state index contributed by atoms with van der Waals surface area (Å²) >= 11 is 0. The van der Waals surface area contributed by atoms with Crippen LogP contribution in [0.2, 0.25) is 0 Å². The SMILES string of the molecule is c1cc(-c2ncco2)nc(-c2c3ccccc3c(-c3cccc(-c4ncco4)n3)c3ccccc23)c1. The molecule has 0 saturated carbocycles. The average molecular weight is 467 g/mol. The molecule has 0 aliphatic rings. The summed E-state index contributed by atoms with van der Waals surface area (Å²) in [6.45, 7) is 0. The minimum absolute atomic E-state index is 0.495. The second-order valence-electron chi connectivity index (χ2n) is 8.33. The van der Waals surface area contributed by atoms with Crippen molar-refractivity contribution in [2.45, 2.75) is 0 Å². The summed E-state index contributed by atoms with van der Waals surface area (Å²) in [5.74, 6) is 0.990.